The van der Waals surface area contributed by atoms with Crippen molar-refractivity contribution in [2.45, 2.75) is 70.6 Å². The molecular formula is C18H26N2O2S. The molecule has 2 amide bonds. The molecule has 0 spiro atoms. The average Bonchev–Trinajstić information content (AvgIpc) is 3.15. The van der Waals surface area contributed by atoms with Crippen molar-refractivity contribution in [1.29, 1.82) is 0 Å². The molecule has 2 aliphatic carbocycles. The minimum Gasteiger partial charge on any atom is -0.273 e. The summed E-state index contributed by atoms with van der Waals surface area (Å²) in [7, 11) is 0. The van der Waals surface area contributed by atoms with Crippen molar-refractivity contribution in [1.82, 2.24) is 10.9 Å². The van der Waals surface area contributed by atoms with Crippen molar-refractivity contribution in [3.63, 3.8) is 0 Å². The predicted octanol–water partition coefficient (Wildman–Crippen LogP) is 3.75. The Morgan fingerprint density at radius 1 is 1.00 bits per heavy atom. The maximum Gasteiger partial charge on any atom is 0.279 e. The molecule has 2 aliphatic rings. The van der Waals surface area contributed by atoms with E-state index in [1.165, 1.54) is 49.0 Å². The van der Waals surface area contributed by atoms with Crippen LogP contribution >= 0.6 is 11.3 Å². The number of fused-ring (bicyclic) bond motifs is 1. The molecule has 126 valence electrons. The molecule has 3 rings (SSSR count). The van der Waals surface area contributed by atoms with Gasteiger partial charge in [0.15, 0.2) is 0 Å². The van der Waals surface area contributed by atoms with Gasteiger partial charge in [0.2, 0.25) is 5.91 Å². The van der Waals surface area contributed by atoms with E-state index in [0.717, 1.165) is 30.6 Å². The molecule has 0 saturated heterocycles. The van der Waals surface area contributed by atoms with E-state index < -0.39 is 0 Å². The molecule has 1 heterocycles. The summed E-state index contributed by atoms with van der Waals surface area (Å²) in [4.78, 5) is 26.2. The Morgan fingerprint density at radius 2 is 1.74 bits per heavy atom. The molecule has 0 bridgehead atoms. The van der Waals surface area contributed by atoms with E-state index in [4.69, 9.17) is 0 Å². The van der Waals surface area contributed by atoms with Crippen LogP contribution in [0.4, 0.5) is 0 Å². The second-order valence-electron chi connectivity index (χ2n) is 6.83. The van der Waals surface area contributed by atoms with Gasteiger partial charge >= 0.3 is 0 Å². The first kappa shape index (κ1) is 16.5. The van der Waals surface area contributed by atoms with Crippen molar-refractivity contribution in [3.8, 4) is 0 Å². The van der Waals surface area contributed by atoms with E-state index in [1.807, 2.05) is 6.07 Å². The maximum atomic E-state index is 12.3. The van der Waals surface area contributed by atoms with Gasteiger partial charge in [-0.3, -0.25) is 20.4 Å². The highest BCUT2D eigenvalue weighted by atomic mass is 32.1. The van der Waals surface area contributed by atoms with Crippen molar-refractivity contribution >= 4 is 23.2 Å². The van der Waals surface area contributed by atoms with Crippen molar-refractivity contribution in [2.24, 2.45) is 5.92 Å². The summed E-state index contributed by atoms with van der Waals surface area (Å²) in [5.74, 6) is 0.246. The Hall–Kier alpha value is -1.36. The van der Waals surface area contributed by atoms with Gasteiger partial charge in [-0.25, -0.2) is 0 Å². The van der Waals surface area contributed by atoms with Crippen LogP contribution in [-0.4, -0.2) is 11.8 Å². The second kappa shape index (κ2) is 7.95. The van der Waals surface area contributed by atoms with Gasteiger partial charge in [-0.1, -0.05) is 25.7 Å². The number of aryl methyl sites for hydroxylation is 2. The summed E-state index contributed by atoms with van der Waals surface area (Å²) < 4.78 is 0. The lowest BCUT2D eigenvalue weighted by Gasteiger charge is -2.09. The van der Waals surface area contributed by atoms with Crippen LogP contribution in [0.1, 0.15) is 77.9 Å². The zero-order valence-corrected chi connectivity index (χ0v) is 14.5. The fraction of sp³-hybridized carbons (Fsp3) is 0.667. The van der Waals surface area contributed by atoms with Crippen molar-refractivity contribution in [3.05, 3.63) is 21.4 Å². The van der Waals surface area contributed by atoms with Gasteiger partial charge in [0.25, 0.3) is 5.91 Å². The molecule has 23 heavy (non-hydrogen) atoms. The second-order valence-corrected chi connectivity index (χ2v) is 7.97. The SMILES string of the molecule is O=C(CC1CCCC1)NNC(=O)c1cc2c(s1)CCCCCC2. The largest absolute Gasteiger partial charge is 0.279 e. The van der Waals surface area contributed by atoms with Crippen LogP contribution in [0.2, 0.25) is 0 Å². The van der Waals surface area contributed by atoms with Crippen LogP contribution in [0.15, 0.2) is 6.07 Å². The number of hydrogen-bond donors (Lipinski definition) is 2. The summed E-state index contributed by atoms with van der Waals surface area (Å²) in [5.41, 5.74) is 6.50. The zero-order valence-electron chi connectivity index (χ0n) is 13.7. The summed E-state index contributed by atoms with van der Waals surface area (Å²) in [6, 6.07) is 2.02. The van der Waals surface area contributed by atoms with Crippen LogP contribution in [-0.2, 0) is 17.6 Å². The topological polar surface area (TPSA) is 58.2 Å². The highest BCUT2D eigenvalue weighted by Gasteiger charge is 2.20. The number of hydrazine groups is 1. The third-order valence-corrected chi connectivity index (χ3v) is 6.22. The number of nitrogens with one attached hydrogen (secondary N) is 2. The van der Waals surface area contributed by atoms with Crippen molar-refractivity contribution < 1.29 is 9.59 Å². The molecule has 1 fully saturated rings. The standard InChI is InChI=1S/C18H26N2O2S/c21-17(11-13-7-5-6-8-13)19-20-18(22)16-12-14-9-3-1-2-4-10-15(14)23-16/h12-13H,1-11H2,(H,19,21)(H,20,22). The Labute approximate surface area is 142 Å². The Kier molecular flexibility index (Phi) is 5.70. The van der Waals surface area contributed by atoms with Gasteiger partial charge in [-0.15, -0.1) is 11.3 Å². The number of thiophene rings is 1. The zero-order chi connectivity index (χ0) is 16.1. The summed E-state index contributed by atoms with van der Waals surface area (Å²) in [6.45, 7) is 0. The quantitative estimate of drug-likeness (QED) is 0.827. The number of amides is 2. The molecule has 4 nitrogen and oxygen atoms in total. The average molecular weight is 334 g/mol. The van der Waals surface area contributed by atoms with Crippen LogP contribution < -0.4 is 10.9 Å². The summed E-state index contributed by atoms with van der Waals surface area (Å²) >= 11 is 1.59. The van der Waals surface area contributed by atoms with Gasteiger partial charge in [0, 0.05) is 11.3 Å². The van der Waals surface area contributed by atoms with E-state index in [-0.39, 0.29) is 11.8 Å². The van der Waals surface area contributed by atoms with Gasteiger partial charge < -0.3 is 0 Å². The monoisotopic (exact) mass is 334 g/mol. The minimum atomic E-state index is -0.179. The molecule has 0 radical (unpaired) electrons. The first-order chi connectivity index (χ1) is 11.2. The number of carbonyl (C=O) groups excluding carboxylic acids is 2. The minimum absolute atomic E-state index is 0.0693. The van der Waals surface area contributed by atoms with Crippen molar-refractivity contribution in [2.75, 3.05) is 0 Å². The van der Waals surface area contributed by atoms with E-state index >= 15 is 0 Å². The van der Waals surface area contributed by atoms with E-state index in [2.05, 4.69) is 10.9 Å². The number of carbonyl (C=O) groups is 2. The summed E-state index contributed by atoms with van der Waals surface area (Å²) in [5, 5.41) is 0. The third kappa shape index (κ3) is 4.56. The molecule has 1 saturated carbocycles. The van der Waals surface area contributed by atoms with Crippen LogP contribution in [0.25, 0.3) is 0 Å². The van der Waals surface area contributed by atoms with Crippen LogP contribution in [0, 0.1) is 5.92 Å². The van der Waals surface area contributed by atoms with Crippen LogP contribution in [0.5, 0.6) is 0 Å². The third-order valence-electron chi connectivity index (χ3n) is 4.98. The normalized spacial score (nSPS) is 18.8. The van der Waals surface area contributed by atoms with Gasteiger partial charge in [0.1, 0.15) is 0 Å². The van der Waals surface area contributed by atoms with Gasteiger partial charge in [-0.2, -0.15) is 0 Å². The van der Waals surface area contributed by atoms with Gasteiger partial charge in [0.05, 0.1) is 4.88 Å². The molecule has 1 aromatic rings. The first-order valence-electron chi connectivity index (χ1n) is 8.93. The highest BCUT2D eigenvalue weighted by molar-refractivity contribution is 7.14. The molecule has 0 unspecified atom stereocenters. The maximum absolute atomic E-state index is 12.3. The lowest BCUT2D eigenvalue weighted by atomic mass is 10.00. The van der Waals surface area contributed by atoms with Gasteiger partial charge in [-0.05, 0) is 56.1 Å². The molecule has 0 aliphatic heterocycles. The Morgan fingerprint density at radius 3 is 2.52 bits per heavy atom. The smallest absolute Gasteiger partial charge is 0.273 e. The van der Waals surface area contributed by atoms with E-state index in [9.17, 15) is 9.59 Å². The molecule has 1 aromatic heterocycles. The van der Waals surface area contributed by atoms with E-state index in [0.29, 0.717) is 12.3 Å². The molecular weight excluding hydrogens is 308 g/mol. The highest BCUT2D eigenvalue weighted by Crippen LogP contribution is 2.29. The lowest BCUT2D eigenvalue weighted by Crippen LogP contribution is -2.41. The molecule has 0 aromatic carbocycles. The molecule has 2 N–H and O–H groups in total. The summed E-state index contributed by atoms with van der Waals surface area (Å²) in [6.07, 6.45) is 12.4. The molecule has 0 atom stereocenters. The van der Waals surface area contributed by atoms with Crippen LogP contribution in [0.3, 0.4) is 0 Å². The Balaban J connectivity index is 1.51. The Bertz CT molecular complexity index is 536. The van der Waals surface area contributed by atoms with E-state index in [1.54, 1.807) is 11.3 Å². The molecule has 5 heteroatoms. The fourth-order valence-electron chi connectivity index (χ4n) is 3.67. The number of hydrogen-bond acceptors (Lipinski definition) is 3. The lowest BCUT2D eigenvalue weighted by molar-refractivity contribution is -0.122. The number of rotatable bonds is 3. The first-order valence-corrected chi connectivity index (χ1v) is 9.75. The fourth-order valence-corrected chi connectivity index (χ4v) is 4.82. The predicted molar refractivity (Wildman–Crippen MR) is 92.4 cm³/mol.